The van der Waals surface area contributed by atoms with Gasteiger partial charge in [0.25, 0.3) is 0 Å². The molecule has 0 saturated heterocycles. The molecule has 0 heterocycles. The molecule has 0 spiro atoms. The van der Waals surface area contributed by atoms with Crippen LogP contribution in [0.3, 0.4) is 0 Å². The fraction of sp³-hybridized carbons (Fsp3) is 0.333. The molecule has 0 aromatic heterocycles. The molecule has 0 atom stereocenters. The molecule has 2 N–H and O–H groups in total. The number of ether oxygens (including phenoxy) is 1. The van der Waals surface area contributed by atoms with Crippen LogP contribution in [0.25, 0.3) is 10.8 Å². The van der Waals surface area contributed by atoms with E-state index in [9.17, 15) is 9.59 Å². The van der Waals surface area contributed by atoms with Gasteiger partial charge in [0.05, 0.1) is 18.9 Å². The molecule has 2 rings (SSSR count). The van der Waals surface area contributed by atoms with Gasteiger partial charge in [-0.05, 0) is 42.3 Å². The molecule has 0 saturated carbocycles. The maximum Gasteiger partial charge on any atom is 0.310 e. The van der Waals surface area contributed by atoms with Crippen molar-refractivity contribution in [3.8, 4) is 5.75 Å². The highest BCUT2D eigenvalue weighted by Crippen LogP contribution is 2.24. The maximum absolute atomic E-state index is 12.1. The van der Waals surface area contributed by atoms with Gasteiger partial charge in [-0.3, -0.25) is 9.59 Å². The SMILES string of the molecule is COc1ccc2cccc(CC(=O)NCC(C)(C)C(=O)O)c2c1. The van der Waals surface area contributed by atoms with Crippen molar-refractivity contribution < 1.29 is 19.4 Å². The molecule has 1 amide bonds. The first-order valence-corrected chi connectivity index (χ1v) is 7.39. The van der Waals surface area contributed by atoms with Gasteiger partial charge in [-0.15, -0.1) is 0 Å². The Balaban J connectivity index is 2.15. The van der Waals surface area contributed by atoms with E-state index in [-0.39, 0.29) is 18.9 Å². The summed E-state index contributed by atoms with van der Waals surface area (Å²) >= 11 is 0. The summed E-state index contributed by atoms with van der Waals surface area (Å²) in [7, 11) is 1.60. The van der Waals surface area contributed by atoms with E-state index in [0.29, 0.717) is 0 Å². The first-order chi connectivity index (χ1) is 10.8. The molecular weight excluding hydrogens is 294 g/mol. The highest BCUT2D eigenvalue weighted by Gasteiger charge is 2.27. The number of carbonyl (C=O) groups excluding carboxylic acids is 1. The summed E-state index contributed by atoms with van der Waals surface area (Å²) in [6, 6.07) is 11.5. The standard InChI is InChI=1S/C18H21NO4/c1-18(2,17(21)22)11-19-16(20)9-13-6-4-5-12-7-8-14(23-3)10-15(12)13/h4-8,10H,9,11H2,1-3H3,(H,19,20)(H,21,22). The zero-order valence-electron chi connectivity index (χ0n) is 13.6. The van der Waals surface area contributed by atoms with E-state index < -0.39 is 11.4 Å². The Bertz CT molecular complexity index is 737. The van der Waals surface area contributed by atoms with E-state index in [1.54, 1.807) is 21.0 Å². The van der Waals surface area contributed by atoms with Gasteiger partial charge in [0.1, 0.15) is 5.75 Å². The number of carboxylic acid groups (broad SMARTS) is 1. The number of rotatable bonds is 6. The third-order valence-electron chi connectivity index (χ3n) is 3.84. The summed E-state index contributed by atoms with van der Waals surface area (Å²) in [6.45, 7) is 3.26. The van der Waals surface area contributed by atoms with Crippen LogP contribution < -0.4 is 10.1 Å². The molecule has 0 aliphatic heterocycles. The number of hydrogen-bond donors (Lipinski definition) is 2. The number of carbonyl (C=O) groups is 2. The average Bonchev–Trinajstić information content (AvgIpc) is 2.53. The lowest BCUT2D eigenvalue weighted by Gasteiger charge is -2.19. The quantitative estimate of drug-likeness (QED) is 0.859. The molecule has 122 valence electrons. The summed E-state index contributed by atoms with van der Waals surface area (Å²) in [6.07, 6.45) is 0.195. The predicted molar refractivity (Wildman–Crippen MR) is 88.6 cm³/mol. The van der Waals surface area contributed by atoms with Crippen molar-refractivity contribution in [1.29, 1.82) is 0 Å². The number of hydrogen-bond acceptors (Lipinski definition) is 3. The van der Waals surface area contributed by atoms with Crippen LogP contribution in [0.2, 0.25) is 0 Å². The summed E-state index contributed by atoms with van der Waals surface area (Å²) in [5.74, 6) is -0.403. The minimum Gasteiger partial charge on any atom is -0.497 e. The molecule has 2 aromatic carbocycles. The van der Waals surface area contributed by atoms with Crippen LogP contribution in [0, 0.1) is 5.41 Å². The molecule has 23 heavy (non-hydrogen) atoms. The third-order valence-corrected chi connectivity index (χ3v) is 3.84. The van der Waals surface area contributed by atoms with Crippen LogP contribution in [0.4, 0.5) is 0 Å². The van der Waals surface area contributed by atoms with Crippen LogP contribution >= 0.6 is 0 Å². The smallest absolute Gasteiger partial charge is 0.310 e. The van der Waals surface area contributed by atoms with Crippen molar-refractivity contribution >= 4 is 22.6 Å². The number of methoxy groups -OCH3 is 1. The lowest BCUT2D eigenvalue weighted by molar-refractivity contribution is -0.146. The van der Waals surface area contributed by atoms with Gasteiger partial charge in [-0.1, -0.05) is 24.3 Å². The van der Waals surface area contributed by atoms with Crippen molar-refractivity contribution in [1.82, 2.24) is 5.32 Å². The second-order valence-corrected chi connectivity index (χ2v) is 6.15. The minimum absolute atomic E-state index is 0.0925. The Labute approximate surface area is 135 Å². The van der Waals surface area contributed by atoms with Crippen LogP contribution in [0.1, 0.15) is 19.4 Å². The van der Waals surface area contributed by atoms with Crippen LogP contribution in [-0.2, 0) is 16.0 Å². The molecule has 5 heteroatoms. The topological polar surface area (TPSA) is 75.6 Å². The highest BCUT2D eigenvalue weighted by atomic mass is 16.5. The van der Waals surface area contributed by atoms with E-state index in [4.69, 9.17) is 9.84 Å². The first kappa shape index (κ1) is 16.8. The normalized spacial score (nSPS) is 11.3. The van der Waals surface area contributed by atoms with Gasteiger partial charge in [0.15, 0.2) is 0 Å². The molecule has 0 fully saturated rings. The maximum atomic E-state index is 12.1. The van der Waals surface area contributed by atoms with Gasteiger partial charge in [0.2, 0.25) is 5.91 Å². The second kappa shape index (κ2) is 6.69. The molecular formula is C18H21NO4. The average molecular weight is 315 g/mol. The van der Waals surface area contributed by atoms with Gasteiger partial charge in [0, 0.05) is 6.54 Å². The summed E-state index contributed by atoms with van der Waals surface area (Å²) in [5.41, 5.74) is -0.107. The van der Waals surface area contributed by atoms with E-state index in [1.807, 2.05) is 36.4 Å². The molecule has 5 nitrogen and oxygen atoms in total. The van der Waals surface area contributed by atoms with E-state index in [1.165, 1.54) is 0 Å². The molecule has 0 aliphatic carbocycles. The van der Waals surface area contributed by atoms with Gasteiger partial charge in [-0.25, -0.2) is 0 Å². The Morgan fingerprint density at radius 1 is 1.22 bits per heavy atom. The summed E-state index contributed by atoms with van der Waals surface area (Å²) in [5, 5.41) is 13.8. The zero-order chi connectivity index (χ0) is 17.0. The van der Waals surface area contributed by atoms with Gasteiger partial charge in [-0.2, -0.15) is 0 Å². The molecule has 0 radical (unpaired) electrons. The minimum atomic E-state index is -0.988. The highest BCUT2D eigenvalue weighted by molar-refractivity contribution is 5.91. The van der Waals surface area contributed by atoms with Gasteiger partial charge < -0.3 is 15.2 Å². The number of carboxylic acids is 1. The van der Waals surface area contributed by atoms with E-state index in [0.717, 1.165) is 22.1 Å². The van der Waals surface area contributed by atoms with Crippen molar-refractivity contribution in [3.63, 3.8) is 0 Å². The molecule has 0 aliphatic rings. The van der Waals surface area contributed by atoms with Crippen LogP contribution in [0.15, 0.2) is 36.4 Å². The molecule has 2 aromatic rings. The van der Waals surface area contributed by atoms with Gasteiger partial charge >= 0.3 is 5.97 Å². The van der Waals surface area contributed by atoms with Crippen molar-refractivity contribution in [3.05, 3.63) is 42.0 Å². The monoisotopic (exact) mass is 315 g/mol. The lowest BCUT2D eigenvalue weighted by Crippen LogP contribution is -2.39. The second-order valence-electron chi connectivity index (χ2n) is 6.15. The zero-order valence-corrected chi connectivity index (χ0v) is 13.6. The number of fused-ring (bicyclic) bond motifs is 1. The number of aliphatic carboxylic acids is 1. The fourth-order valence-corrected chi connectivity index (χ4v) is 2.23. The first-order valence-electron chi connectivity index (χ1n) is 7.39. The fourth-order valence-electron chi connectivity index (χ4n) is 2.23. The van der Waals surface area contributed by atoms with Crippen molar-refractivity contribution in [2.75, 3.05) is 13.7 Å². The number of amides is 1. The predicted octanol–water partition coefficient (Wildman–Crippen LogP) is 2.62. The Kier molecular flexibility index (Phi) is 4.89. The van der Waals surface area contributed by atoms with Crippen molar-refractivity contribution in [2.45, 2.75) is 20.3 Å². The number of benzene rings is 2. The summed E-state index contributed by atoms with van der Waals surface area (Å²) < 4.78 is 5.23. The Hall–Kier alpha value is -2.56. The van der Waals surface area contributed by atoms with E-state index in [2.05, 4.69) is 5.32 Å². The lowest BCUT2D eigenvalue weighted by atomic mass is 9.93. The van der Waals surface area contributed by atoms with E-state index >= 15 is 0 Å². The Morgan fingerprint density at radius 3 is 2.61 bits per heavy atom. The Morgan fingerprint density at radius 2 is 1.96 bits per heavy atom. The van der Waals surface area contributed by atoms with Crippen LogP contribution in [0.5, 0.6) is 5.75 Å². The van der Waals surface area contributed by atoms with Crippen molar-refractivity contribution in [2.24, 2.45) is 5.41 Å². The number of nitrogens with one attached hydrogen (secondary N) is 1. The summed E-state index contributed by atoms with van der Waals surface area (Å²) in [4.78, 5) is 23.2. The van der Waals surface area contributed by atoms with Crippen LogP contribution in [-0.4, -0.2) is 30.6 Å². The molecule has 0 bridgehead atoms. The molecule has 0 unspecified atom stereocenters. The third kappa shape index (κ3) is 4.00. The largest absolute Gasteiger partial charge is 0.497 e.